The lowest BCUT2D eigenvalue weighted by Gasteiger charge is -2.34. The number of hydrogen-bond acceptors (Lipinski definition) is 3. The topological polar surface area (TPSA) is 24.3 Å². The van der Waals surface area contributed by atoms with Gasteiger partial charge in [0, 0.05) is 38.3 Å². The summed E-state index contributed by atoms with van der Waals surface area (Å²) in [5.74, 6) is 1.66. The third kappa shape index (κ3) is 4.14. The first-order valence-corrected chi connectivity index (χ1v) is 10.0. The molecule has 1 saturated heterocycles. The average molecular weight is 353 g/mol. The SMILES string of the molecule is CCc1nn(C)c(Cl)c1CN1CCCN(CC2CC2)[C@@H](C(C)C)C1. The third-order valence-electron chi connectivity index (χ3n) is 5.66. The van der Waals surface area contributed by atoms with E-state index >= 15 is 0 Å². The number of aromatic nitrogens is 2. The summed E-state index contributed by atoms with van der Waals surface area (Å²) in [7, 11) is 1.95. The smallest absolute Gasteiger partial charge is 0.131 e. The first-order valence-electron chi connectivity index (χ1n) is 9.66. The Bertz CT molecular complexity index is 550. The van der Waals surface area contributed by atoms with Crippen molar-refractivity contribution in [1.82, 2.24) is 19.6 Å². The largest absolute Gasteiger partial charge is 0.299 e. The van der Waals surface area contributed by atoms with Crippen LogP contribution < -0.4 is 0 Å². The van der Waals surface area contributed by atoms with Crippen LogP contribution in [0.2, 0.25) is 5.15 Å². The highest BCUT2D eigenvalue weighted by Crippen LogP contribution is 2.32. The van der Waals surface area contributed by atoms with Crippen molar-refractivity contribution in [2.45, 2.75) is 59.0 Å². The van der Waals surface area contributed by atoms with Gasteiger partial charge in [-0.15, -0.1) is 0 Å². The van der Waals surface area contributed by atoms with Gasteiger partial charge in [-0.05, 0) is 50.6 Å². The van der Waals surface area contributed by atoms with Crippen LogP contribution in [0.4, 0.5) is 0 Å². The fourth-order valence-electron chi connectivity index (χ4n) is 4.03. The minimum Gasteiger partial charge on any atom is -0.299 e. The van der Waals surface area contributed by atoms with Gasteiger partial charge in [0.2, 0.25) is 0 Å². The van der Waals surface area contributed by atoms with E-state index < -0.39 is 0 Å². The van der Waals surface area contributed by atoms with Gasteiger partial charge in [0.25, 0.3) is 0 Å². The molecule has 0 bridgehead atoms. The molecule has 1 aliphatic carbocycles. The van der Waals surface area contributed by atoms with Crippen LogP contribution in [0.1, 0.15) is 51.3 Å². The van der Waals surface area contributed by atoms with Crippen LogP contribution in [0.5, 0.6) is 0 Å². The highest BCUT2D eigenvalue weighted by Gasteiger charge is 2.32. The van der Waals surface area contributed by atoms with Gasteiger partial charge in [0.1, 0.15) is 5.15 Å². The molecule has 0 unspecified atom stereocenters. The van der Waals surface area contributed by atoms with Gasteiger partial charge < -0.3 is 0 Å². The predicted octanol–water partition coefficient (Wildman–Crippen LogP) is 3.58. The Morgan fingerprint density at radius 1 is 1.25 bits per heavy atom. The molecule has 0 N–H and O–H groups in total. The number of aryl methyl sites for hydroxylation is 2. The Kier molecular flexibility index (Phi) is 5.89. The zero-order valence-corrected chi connectivity index (χ0v) is 16.5. The summed E-state index contributed by atoms with van der Waals surface area (Å²) >= 11 is 6.52. The molecule has 0 aromatic carbocycles. The molecule has 2 fully saturated rings. The Morgan fingerprint density at radius 2 is 2.00 bits per heavy atom. The molecule has 5 heteroatoms. The molecule has 1 aromatic rings. The number of rotatable bonds is 6. The molecule has 1 saturated carbocycles. The molecule has 1 atom stereocenters. The van der Waals surface area contributed by atoms with E-state index in [0.29, 0.717) is 12.0 Å². The minimum absolute atomic E-state index is 0.661. The van der Waals surface area contributed by atoms with Crippen molar-refractivity contribution >= 4 is 11.6 Å². The van der Waals surface area contributed by atoms with E-state index in [1.807, 2.05) is 11.7 Å². The lowest BCUT2D eigenvalue weighted by molar-refractivity contribution is 0.131. The normalized spacial score (nSPS) is 23.8. The maximum Gasteiger partial charge on any atom is 0.131 e. The van der Waals surface area contributed by atoms with Crippen LogP contribution in [-0.2, 0) is 20.0 Å². The molecule has 136 valence electrons. The maximum absolute atomic E-state index is 6.52. The summed E-state index contributed by atoms with van der Waals surface area (Å²) in [5, 5.41) is 5.39. The van der Waals surface area contributed by atoms with Crippen LogP contribution in [-0.4, -0.2) is 51.8 Å². The lowest BCUT2D eigenvalue weighted by atomic mass is 10.0. The molecule has 0 amide bonds. The molecule has 2 heterocycles. The van der Waals surface area contributed by atoms with E-state index in [-0.39, 0.29) is 0 Å². The van der Waals surface area contributed by atoms with Gasteiger partial charge in [0.15, 0.2) is 0 Å². The van der Waals surface area contributed by atoms with Crippen LogP contribution in [0.15, 0.2) is 0 Å². The summed E-state index contributed by atoms with van der Waals surface area (Å²) in [5.41, 5.74) is 2.39. The molecule has 0 spiro atoms. The van der Waals surface area contributed by atoms with E-state index in [0.717, 1.165) is 36.3 Å². The van der Waals surface area contributed by atoms with Crippen molar-refractivity contribution in [2.75, 3.05) is 26.2 Å². The standard InChI is InChI=1S/C19H33ClN4/c1-5-17-16(19(20)22(4)21-17)12-23-9-6-10-24(11-15-7-8-15)18(13-23)14(2)3/h14-15,18H,5-13H2,1-4H3/t18-/m1/s1. The monoisotopic (exact) mass is 352 g/mol. The Hall–Kier alpha value is -0.580. The molecule has 4 nitrogen and oxygen atoms in total. The predicted molar refractivity (Wildman–Crippen MR) is 100 cm³/mol. The van der Waals surface area contributed by atoms with Crippen molar-refractivity contribution in [3.8, 4) is 0 Å². The van der Waals surface area contributed by atoms with Crippen LogP contribution in [0.3, 0.4) is 0 Å². The van der Waals surface area contributed by atoms with Gasteiger partial charge in [-0.25, -0.2) is 0 Å². The summed E-state index contributed by atoms with van der Waals surface area (Å²) < 4.78 is 1.83. The number of halogens is 1. The molecular formula is C19H33ClN4. The molecule has 3 rings (SSSR count). The minimum atomic E-state index is 0.661. The summed E-state index contributed by atoms with van der Waals surface area (Å²) in [6.45, 7) is 12.7. The van der Waals surface area contributed by atoms with Crippen LogP contribution in [0.25, 0.3) is 0 Å². The van der Waals surface area contributed by atoms with E-state index in [2.05, 4.69) is 35.7 Å². The molecule has 1 aromatic heterocycles. The summed E-state index contributed by atoms with van der Waals surface area (Å²) in [6, 6.07) is 0.661. The van der Waals surface area contributed by atoms with E-state index in [4.69, 9.17) is 11.6 Å². The second-order valence-corrected chi connectivity index (χ2v) is 8.39. The number of hydrogen-bond donors (Lipinski definition) is 0. The molecule has 2 aliphatic rings. The van der Waals surface area contributed by atoms with Crippen molar-refractivity contribution in [3.05, 3.63) is 16.4 Å². The molecule has 1 aliphatic heterocycles. The summed E-state index contributed by atoms with van der Waals surface area (Å²) in [4.78, 5) is 5.38. The fraction of sp³-hybridized carbons (Fsp3) is 0.842. The maximum atomic E-state index is 6.52. The van der Waals surface area contributed by atoms with Gasteiger partial charge in [-0.1, -0.05) is 32.4 Å². The Morgan fingerprint density at radius 3 is 2.62 bits per heavy atom. The Labute approximate surface area is 152 Å². The van der Waals surface area contributed by atoms with Crippen molar-refractivity contribution < 1.29 is 0 Å². The number of nitrogens with zero attached hydrogens (tertiary/aromatic N) is 4. The highest BCUT2D eigenvalue weighted by molar-refractivity contribution is 6.30. The second kappa shape index (κ2) is 7.76. The Balaban J connectivity index is 1.72. The van der Waals surface area contributed by atoms with Crippen LogP contribution in [0, 0.1) is 11.8 Å². The fourth-order valence-corrected chi connectivity index (χ4v) is 4.24. The van der Waals surface area contributed by atoms with Gasteiger partial charge in [-0.2, -0.15) is 5.10 Å². The van der Waals surface area contributed by atoms with Crippen molar-refractivity contribution in [2.24, 2.45) is 18.9 Å². The zero-order valence-electron chi connectivity index (χ0n) is 15.8. The lowest BCUT2D eigenvalue weighted by Crippen LogP contribution is -2.45. The molecule has 0 radical (unpaired) electrons. The molecular weight excluding hydrogens is 320 g/mol. The first-order chi connectivity index (χ1) is 11.5. The van der Waals surface area contributed by atoms with Crippen molar-refractivity contribution in [1.29, 1.82) is 0 Å². The van der Waals surface area contributed by atoms with Crippen LogP contribution >= 0.6 is 11.6 Å². The van der Waals surface area contributed by atoms with Gasteiger partial charge >= 0.3 is 0 Å². The average Bonchev–Trinajstić information content (AvgIpc) is 3.34. The van der Waals surface area contributed by atoms with Gasteiger partial charge in [0.05, 0.1) is 5.69 Å². The summed E-state index contributed by atoms with van der Waals surface area (Å²) in [6.07, 6.45) is 5.09. The van der Waals surface area contributed by atoms with E-state index in [9.17, 15) is 0 Å². The van der Waals surface area contributed by atoms with Crippen molar-refractivity contribution in [3.63, 3.8) is 0 Å². The quantitative estimate of drug-likeness (QED) is 0.782. The highest BCUT2D eigenvalue weighted by atomic mass is 35.5. The van der Waals surface area contributed by atoms with Gasteiger partial charge in [-0.3, -0.25) is 14.5 Å². The zero-order chi connectivity index (χ0) is 17.3. The third-order valence-corrected chi connectivity index (χ3v) is 6.13. The van der Waals surface area contributed by atoms with E-state index in [1.165, 1.54) is 44.5 Å². The molecule has 24 heavy (non-hydrogen) atoms. The van der Waals surface area contributed by atoms with E-state index in [1.54, 1.807) is 0 Å². The first kappa shape index (κ1) is 18.2. The second-order valence-electron chi connectivity index (χ2n) is 8.03.